The Labute approximate surface area is 97.4 Å². The smallest absolute Gasteiger partial charge is 0.269 e. The Kier molecular flexibility index (Phi) is 2.07. The summed E-state index contributed by atoms with van der Waals surface area (Å²) in [5.74, 6) is 0.185. The normalized spacial score (nSPS) is 21.7. The van der Waals surface area contributed by atoms with E-state index in [0.29, 0.717) is 5.84 Å². The molecule has 0 fully saturated rings. The van der Waals surface area contributed by atoms with E-state index >= 15 is 0 Å². The molecule has 0 aliphatic carbocycles. The summed E-state index contributed by atoms with van der Waals surface area (Å²) in [6.45, 7) is 1.99. The minimum absolute atomic E-state index is 0.325. The number of amidine groups is 1. The van der Waals surface area contributed by atoms with Gasteiger partial charge in [0, 0.05) is 0 Å². The predicted molar refractivity (Wildman–Crippen MR) is 63.2 cm³/mol. The molecule has 6 nitrogen and oxygen atoms in total. The van der Waals surface area contributed by atoms with Crippen LogP contribution in [0, 0.1) is 6.92 Å². The van der Waals surface area contributed by atoms with Crippen molar-refractivity contribution in [1.82, 2.24) is 0 Å². The van der Waals surface area contributed by atoms with Crippen LogP contribution in [0.15, 0.2) is 44.6 Å². The van der Waals surface area contributed by atoms with Crippen molar-refractivity contribution in [3.63, 3.8) is 0 Å². The molecule has 1 amide bonds. The highest BCUT2D eigenvalue weighted by Gasteiger charge is 2.36. The zero-order chi connectivity index (χ0) is 11.8. The van der Waals surface area contributed by atoms with Crippen LogP contribution in [0.3, 0.4) is 0 Å². The van der Waals surface area contributed by atoms with Gasteiger partial charge in [-0.2, -0.15) is 10.0 Å². The number of fused-ring (bicyclic) bond motifs is 1. The summed E-state index contributed by atoms with van der Waals surface area (Å²) in [7, 11) is 0. The summed E-state index contributed by atoms with van der Waals surface area (Å²) >= 11 is 0. The fourth-order valence-corrected chi connectivity index (χ4v) is 1.76. The van der Waals surface area contributed by atoms with Gasteiger partial charge in [0.05, 0.1) is 5.69 Å². The number of hydrogen-bond donors (Lipinski definition) is 0. The molecule has 0 aromatic heterocycles. The molecule has 17 heavy (non-hydrogen) atoms. The van der Waals surface area contributed by atoms with Crippen LogP contribution in [0.4, 0.5) is 5.69 Å². The van der Waals surface area contributed by atoms with Crippen LogP contribution < -0.4 is 5.01 Å². The number of aryl methyl sites for hydroxylation is 1. The third-order valence-electron chi connectivity index (χ3n) is 2.57. The number of aliphatic imine (C=N–C) groups is 2. The van der Waals surface area contributed by atoms with Crippen LogP contribution >= 0.6 is 0 Å². The molecule has 0 N–H and O–H groups in total. The number of anilines is 1. The average Bonchev–Trinajstić information content (AvgIpc) is 2.74. The number of carbonyl (C=O) groups excluding carboxylic acids is 1. The Hall–Kier alpha value is -2.37. The van der Waals surface area contributed by atoms with Gasteiger partial charge in [-0.3, -0.25) is 4.79 Å². The maximum atomic E-state index is 11.5. The Balaban J connectivity index is 2.01. The van der Waals surface area contributed by atoms with Crippen molar-refractivity contribution in [2.75, 3.05) is 5.01 Å². The molecule has 1 aromatic rings. The predicted octanol–water partition coefficient (Wildman–Crippen LogP) is 1.52. The molecule has 0 spiro atoms. The van der Waals surface area contributed by atoms with Crippen molar-refractivity contribution in [1.29, 1.82) is 0 Å². The van der Waals surface area contributed by atoms with Crippen molar-refractivity contribution in [3.05, 3.63) is 29.8 Å². The molecule has 1 unspecified atom stereocenters. The number of hydrogen-bond acceptors (Lipinski definition) is 5. The van der Waals surface area contributed by atoms with Crippen molar-refractivity contribution < 1.29 is 4.79 Å². The molecule has 2 heterocycles. The lowest BCUT2D eigenvalue weighted by atomic mass is 10.2. The molecular weight excluding hydrogens is 218 g/mol. The topological polar surface area (TPSA) is 69.8 Å². The molecule has 0 saturated heterocycles. The molecule has 0 radical (unpaired) electrons. The summed E-state index contributed by atoms with van der Waals surface area (Å²) in [6, 6.07) is 7.09. The first-order chi connectivity index (χ1) is 8.25. The highest BCUT2D eigenvalue weighted by atomic mass is 16.2. The second-order valence-electron chi connectivity index (χ2n) is 3.83. The van der Waals surface area contributed by atoms with Crippen LogP contribution in [0.5, 0.6) is 0 Å². The van der Waals surface area contributed by atoms with Crippen molar-refractivity contribution in [2.45, 2.75) is 13.0 Å². The molecular formula is C11H9N5O. The van der Waals surface area contributed by atoms with E-state index < -0.39 is 6.04 Å². The van der Waals surface area contributed by atoms with Gasteiger partial charge in [-0.1, -0.05) is 17.4 Å². The molecule has 2 aliphatic rings. The molecule has 2 aliphatic heterocycles. The van der Waals surface area contributed by atoms with Crippen LogP contribution in [-0.2, 0) is 4.79 Å². The van der Waals surface area contributed by atoms with E-state index in [-0.39, 0.29) is 5.91 Å². The third kappa shape index (κ3) is 1.54. The molecule has 1 aromatic carbocycles. The van der Waals surface area contributed by atoms with Gasteiger partial charge in [-0.15, -0.1) is 5.11 Å². The lowest BCUT2D eigenvalue weighted by Crippen LogP contribution is -2.35. The van der Waals surface area contributed by atoms with Crippen molar-refractivity contribution in [3.8, 4) is 0 Å². The first-order valence-corrected chi connectivity index (χ1v) is 5.17. The molecule has 0 bridgehead atoms. The quantitative estimate of drug-likeness (QED) is 0.729. The highest BCUT2D eigenvalue weighted by Crippen LogP contribution is 2.24. The van der Waals surface area contributed by atoms with E-state index in [2.05, 4.69) is 20.3 Å². The van der Waals surface area contributed by atoms with Gasteiger partial charge >= 0.3 is 0 Å². The van der Waals surface area contributed by atoms with E-state index in [0.717, 1.165) is 11.3 Å². The second kappa shape index (κ2) is 3.58. The third-order valence-corrected chi connectivity index (χ3v) is 2.57. The van der Waals surface area contributed by atoms with Crippen LogP contribution in [0.1, 0.15) is 5.56 Å². The number of carbonyl (C=O) groups is 1. The lowest BCUT2D eigenvalue weighted by molar-refractivity contribution is -0.117. The largest absolute Gasteiger partial charge is 0.281 e. The summed E-state index contributed by atoms with van der Waals surface area (Å²) in [6.07, 6.45) is 1.24. The van der Waals surface area contributed by atoms with Crippen molar-refractivity contribution >= 4 is 23.8 Å². The van der Waals surface area contributed by atoms with E-state index in [1.807, 2.05) is 31.2 Å². The zero-order valence-corrected chi connectivity index (χ0v) is 9.11. The highest BCUT2D eigenvalue weighted by molar-refractivity contribution is 6.20. The van der Waals surface area contributed by atoms with Gasteiger partial charge < -0.3 is 0 Å². The van der Waals surface area contributed by atoms with E-state index in [1.54, 1.807) is 5.01 Å². The second-order valence-corrected chi connectivity index (χ2v) is 3.83. The van der Waals surface area contributed by atoms with E-state index in [4.69, 9.17) is 0 Å². The molecule has 1 atom stereocenters. The maximum Gasteiger partial charge on any atom is 0.281 e. The number of benzene rings is 1. The SMILES string of the molecule is Cc1cccc(N2N=NC3C(=O)N=CN=C32)c1. The molecule has 0 saturated carbocycles. The Bertz CT molecular complexity index is 575. The van der Waals surface area contributed by atoms with Gasteiger partial charge in [0.15, 0.2) is 5.84 Å². The number of rotatable bonds is 1. The van der Waals surface area contributed by atoms with Gasteiger partial charge in [0.2, 0.25) is 6.04 Å². The first-order valence-electron chi connectivity index (χ1n) is 5.17. The number of nitrogens with zero attached hydrogens (tertiary/aromatic N) is 5. The van der Waals surface area contributed by atoms with E-state index in [9.17, 15) is 4.79 Å². The van der Waals surface area contributed by atoms with Crippen LogP contribution in [0.2, 0.25) is 0 Å². The van der Waals surface area contributed by atoms with Gasteiger partial charge in [0.25, 0.3) is 5.91 Å². The number of amides is 1. The lowest BCUT2D eigenvalue weighted by Gasteiger charge is -2.16. The fraction of sp³-hybridized carbons (Fsp3) is 0.182. The minimum Gasteiger partial charge on any atom is -0.269 e. The monoisotopic (exact) mass is 227 g/mol. The van der Waals surface area contributed by atoms with Crippen LogP contribution in [-0.4, -0.2) is 24.1 Å². The van der Waals surface area contributed by atoms with E-state index in [1.165, 1.54) is 6.34 Å². The summed E-state index contributed by atoms with van der Waals surface area (Å²) < 4.78 is 0. The molecule has 84 valence electrons. The first kappa shape index (κ1) is 9.83. The average molecular weight is 227 g/mol. The van der Waals surface area contributed by atoms with Crippen molar-refractivity contribution in [2.24, 2.45) is 20.3 Å². The zero-order valence-electron chi connectivity index (χ0n) is 9.11. The van der Waals surface area contributed by atoms with Crippen LogP contribution in [0.25, 0.3) is 0 Å². The Morgan fingerprint density at radius 2 is 2.24 bits per heavy atom. The standard InChI is InChI=1S/C11H9N5O/c1-7-3-2-4-8(5-7)16-10-9(14-15-16)11(17)13-6-12-10/h2-6,9H,1H3. The Morgan fingerprint density at radius 3 is 3.06 bits per heavy atom. The van der Waals surface area contributed by atoms with Gasteiger partial charge in [-0.25, -0.2) is 4.99 Å². The maximum absolute atomic E-state index is 11.5. The van der Waals surface area contributed by atoms with Gasteiger partial charge in [0.1, 0.15) is 6.34 Å². The van der Waals surface area contributed by atoms with Gasteiger partial charge in [-0.05, 0) is 24.6 Å². The minimum atomic E-state index is -0.680. The fourth-order valence-electron chi connectivity index (χ4n) is 1.76. The molecule has 3 rings (SSSR count). The summed E-state index contributed by atoms with van der Waals surface area (Å²) in [5.41, 5.74) is 1.95. The Morgan fingerprint density at radius 1 is 1.35 bits per heavy atom. The summed E-state index contributed by atoms with van der Waals surface area (Å²) in [5, 5.41) is 9.42. The summed E-state index contributed by atoms with van der Waals surface area (Å²) in [4.78, 5) is 19.1. The molecule has 6 heteroatoms.